The van der Waals surface area contributed by atoms with E-state index in [0.717, 1.165) is 22.6 Å². The van der Waals surface area contributed by atoms with Crippen LogP contribution in [0.4, 0.5) is 5.82 Å². The number of rotatable bonds is 1. The molecule has 0 radical (unpaired) electrons. The molecule has 2 heterocycles. The van der Waals surface area contributed by atoms with E-state index in [0.29, 0.717) is 5.15 Å². The van der Waals surface area contributed by atoms with Crippen molar-refractivity contribution in [2.75, 3.05) is 5.32 Å². The van der Waals surface area contributed by atoms with E-state index in [1.807, 2.05) is 18.3 Å². The number of anilines is 1. The quantitative estimate of drug-likeness (QED) is 0.748. The minimum absolute atomic E-state index is 0.0765. The van der Waals surface area contributed by atoms with Crippen molar-refractivity contribution in [1.82, 2.24) is 10.3 Å². The third-order valence-electron chi connectivity index (χ3n) is 2.33. The Labute approximate surface area is 107 Å². The van der Waals surface area contributed by atoms with Gasteiger partial charge in [-0.25, -0.2) is 4.98 Å². The standard InChI is InChI=1S/C13H16ClN3/c1-8-11-9(5-6-15-8)7-10(14)16-12(11)17-13(2,3)4/h5-7,15H,1H2,2-4H3,(H,16,17). The molecule has 1 aliphatic heterocycles. The molecule has 4 heteroatoms. The zero-order chi connectivity index (χ0) is 12.6. The molecular formula is C13H16ClN3. The predicted molar refractivity (Wildman–Crippen MR) is 73.8 cm³/mol. The number of pyridine rings is 1. The van der Waals surface area contributed by atoms with Crippen LogP contribution in [0.5, 0.6) is 0 Å². The van der Waals surface area contributed by atoms with Gasteiger partial charge < -0.3 is 10.6 Å². The number of hydrogen-bond donors (Lipinski definition) is 2. The van der Waals surface area contributed by atoms with Crippen molar-refractivity contribution in [3.8, 4) is 0 Å². The van der Waals surface area contributed by atoms with E-state index in [1.54, 1.807) is 0 Å². The largest absolute Gasteiger partial charge is 0.365 e. The van der Waals surface area contributed by atoms with Crippen LogP contribution in [0.3, 0.4) is 0 Å². The summed E-state index contributed by atoms with van der Waals surface area (Å²) < 4.78 is 0. The van der Waals surface area contributed by atoms with E-state index >= 15 is 0 Å². The van der Waals surface area contributed by atoms with Crippen molar-refractivity contribution >= 4 is 29.2 Å². The summed E-state index contributed by atoms with van der Waals surface area (Å²) in [6.45, 7) is 10.2. The fourth-order valence-electron chi connectivity index (χ4n) is 1.73. The Balaban J connectivity index is 2.55. The lowest BCUT2D eigenvalue weighted by Crippen LogP contribution is -2.28. The first kappa shape index (κ1) is 12.0. The molecule has 0 unspecified atom stereocenters. The molecule has 0 fully saturated rings. The normalized spacial score (nSPS) is 14.2. The van der Waals surface area contributed by atoms with Crippen LogP contribution in [0.2, 0.25) is 5.15 Å². The molecule has 2 rings (SSSR count). The monoisotopic (exact) mass is 249 g/mol. The van der Waals surface area contributed by atoms with Gasteiger partial charge in [-0.15, -0.1) is 0 Å². The van der Waals surface area contributed by atoms with Gasteiger partial charge in [0, 0.05) is 23.0 Å². The highest BCUT2D eigenvalue weighted by atomic mass is 35.5. The molecule has 0 amide bonds. The van der Waals surface area contributed by atoms with E-state index < -0.39 is 0 Å². The Morgan fingerprint density at radius 3 is 2.76 bits per heavy atom. The Morgan fingerprint density at radius 1 is 1.41 bits per heavy atom. The topological polar surface area (TPSA) is 37.0 Å². The minimum Gasteiger partial charge on any atom is -0.365 e. The maximum Gasteiger partial charge on any atom is 0.138 e. The summed E-state index contributed by atoms with van der Waals surface area (Å²) in [7, 11) is 0. The van der Waals surface area contributed by atoms with Gasteiger partial charge in [-0.3, -0.25) is 0 Å². The molecule has 0 aromatic carbocycles. The van der Waals surface area contributed by atoms with Gasteiger partial charge in [0.15, 0.2) is 0 Å². The predicted octanol–water partition coefficient (Wildman–Crippen LogP) is 3.49. The zero-order valence-corrected chi connectivity index (χ0v) is 11.0. The highest BCUT2D eigenvalue weighted by molar-refractivity contribution is 6.29. The Hall–Kier alpha value is -1.48. The van der Waals surface area contributed by atoms with Crippen LogP contribution in [-0.2, 0) is 0 Å². The van der Waals surface area contributed by atoms with Gasteiger partial charge in [-0.1, -0.05) is 18.2 Å². The maximum atomic E-state index is 6.02. The van der Waals surface area contributed by atoms with Crippen molar-refractivity contribution in [2.45, 2.75) is 26.3 Å². The maximum absolute atomic E-state index is 6.02. The summed E-state index contributed by atoms with van der Waals surface area (Å²) in [5.74, 6) is 0.766. The summed E-state index contributed by atoms with van der Waals surface area (Å²) in [6, 6.07) is 1.84. The second-order valence-electron chi connectivity index (χ2n) is 5.09. The molecule has 0 spiro atoms. The number of halogens is 1. The van der Waals surface area contributed by atoms with Crippen LogP contribution < -0.4 is 10.6 Å². The summed E-state index contributed by atoms with van der Waals surface area (Å²) in [6.07, 6.45) is 3.81. The van der Waals surface area contributed by atoms with Gasteiger partial charge >= 0.3 is 0 Å². The Morgan fingerprint density at radius 2 is 2.12 bits per heavy atom. The molecule has 0 saturated heterocycles. The van der Waals surface area contributed by atoms with E-state index in [1.165, 1.54) is 0 Å². The summed E-state index contributed by atoms with van der Waals surface area (Å²) in [5, 5.41) is 6.92. The molecule has 17 heavy (non-hydrogen) atoms. The summed E-state index contributed by atoms with van der Waals surface area (Å²) in [4.78, 5) is 4.34. The average Bonchev–Trinajstić information content (AvgIpc) is 2.13. The summed E-state index contributed by atoms with van der Waals surface area (Å²) in [5.41, 5.74) is 2.76. The van der Waals surface area contributed by atoms with Gasteiger partial charge in [-0.2, -0.15) is 0 Å². The van der Waals surface area contributed by atoms with Gasteiger partial charge in [0.05, 0.1) is 0 Å². The second kappa shape index (κ2) is 4.08. The molecular weight excluding hydrogens is 234 g/mol. The molecule has 0 aliphatic carbocycles. The Bertz CT molecular complexity index is 498. The molecule has 1 aromatic rings. The second-order valence-corrected chi connectivity index (χ2v) is 5.48. The fraction of sp³-hybridized carbons (Fsp3) is 0.308. The lowest BCUT2D eigenvalue weighted by Gasteiger charge is -2.26. The van der Waals surface area contributed by atoms with Crippen LogP contribution in [-0.4, -0.2) is 10.5 Å². The van der Waals surface area contributed by atoms with Crippen LogP contribution in [0.15, 0.2) is 18.8 Å². The molecule has 0 bridgehead atoms. The third-order valence-corrected chi connectivity index (χ3v) is 2.53. The molecule has 3 nitrogen and oxygen atoms in total. The highest BCUT2D eigenvalue weighted by Gasteiger charge is 2.19. The van der Waals surface area contributed by atoms with Crippen molar-refractivity contribution < 1.29 is 0 Å². The number of nitrogens with one attached hydrogen (secondary N) is 2. The minimum atomic E-state index is -0.0765. The smallest absolute Gasteiger partial charge is 0.138 e. The van der Waals surface area contributed by atoms with Crippen LogP contribution >= 0.6 is 11.6 Å². The van der Waals surface area contributed by atoms with Gasteiger partial charge in [-0.05, 0) is 38.5 Å². The van der Waals surface area contributed by atoms with E-state index in [4.69, 9.17) is 11.6 Å². The number of hydrogen-bond acceptors (Lipinski definition) is 3. The van der Waals surface area contributed by atoms with Crippen molar-refractivity contribution in [2.24, 2.45) is 0 Å². The molecule has 0 atom stereocenters. The average molecular weight is 250 g/mol. The molecule has 0 saturated carbocycles. The molecule has 1 aliphatic rings. The van der Waals surface area contributed by atoms with Crippen LogP contribution in [0.1, 0.15) is 31.9 Å². The number of aromatic nitrogens is 1. The number of fused-ring (bicyclic) bond motifs is 1. The van der Waals surface area contributed by atoms with Gasteiger partial charge in [0.1, 0.15) is 11.0 Å². The van der Waals surface area contributed by atoms with Crippen LogP contribution in [0, 0.1) is 0 Å². The van der Waals surface area contributed by atoms with Crippen molar-refractivity contribution in [3.63, 3.8) is 0 Å². The first-order valence-electron chi connectivity index (χ1n) is 5.48. The molecule has 1 aromatic heterocycles. The third kappa shape index (κ3) is 2.61. The van der Waals surface area contributed by atoms with Crippen LogP contribution in [0.25, 0.3) is 11.8 Å². The van der Waals surface area contributed by atoms with Crippen molar-refractivity contribution in [3.05, 3.63) is 35.1 Å². The van der Waals surface area contributed by atoms with Gasteiger partial charge in [0.2, 0.25) is 0 Å². The highest BCUT2D eigenvalue weighted by Crippen LogP contribution is 2.31. The first-order chi connectivity index (χ1) is 7.87. The lowest BCUT2D eigenvalue weighted by molar-refractivity contribution is 0.630. The fourth-order valence-corrected chi connectivity index (χ4v) is 1.93. The Kier molecular flexibility index (Phi) is 2.87. The first-order valence-corrected chi connectivity index (χ1v) is 5.86. The van der Waals surface area contributed by atoms with Gasteiger partial charge in [0.25, 0.3) is 0 Å². The molecule has 90 valence electrons. The number of nitrogens with zero attached hydrogens (tertiary/aromatic N) is 1. The van der Waals surface area contributed by atoms with E-state index in [-0.39, 0.29) is 5.54 Å². The summed E-state index contributed by atoms with van der Waals surface area (Å²) >= 11 is 6.02. The molecule has 2 N–H and O–H groups in total. The van der Waals surface area contributed by atoms with E-state index in [2.05, 4.69) is 43.0 Å². The zero-order valence-electron chi connectivity index (χ0n) is 10.3. The SMILES string of the molecule is C=C1NC=Cc2cc(Cl)nc(NC(C)(C)C)c21. The van der Waals surface area contributed by atoms with Crippen molar-refractivity contribution in [1.29, 1.82) is 0 Å². The van der Waals surface area contributed by atoms with E-state index in [9.17, 15) is 0 Å². The lowest BCUT2D eigenvalue weighted by atomic mass is 10.0.